The molecule has 0 bridgehead atoms. The molecule has 0 amide bonds. The predicted molar refractivity (Wildman–Crippen MR) is 231 cm³/mol. The minimum absolute atomic E-state index is 1.01. The molecular weight excluding hydrogens is 787 g/mol. The zero-order chi connectivity index (χ0) is 36.6. The standard InChI is InChI=1S/3C7H5NS.3C6H4N2S/c1-3-8-5-6-2-4-9-7(1)6;1-3-8-5-7-6(1)2-4-9-7;1-2-6-3-5-9-7(6)8-4-1;1-3-7-8-6-5(1)2-4-9-6;1-2-9-6-5(1)3-7-4-8-6;1-2-9-6-4-8-7-3-5(1)6/h3*1-5H;3*1-4H. The van der Waals surface area contributed by atoms with Gasteiger partial charge in [0, 0.05) is 68.8 Å². The first-order valence-electron chi connectivity index (χ1n) is 16.0. The van der Waals surface area contributed by atoms with Gasteiger partial charge in [-0.1, -0.05) is 6.07 Å². The molecule has 0 spiro atoms. The van der Waals surface area contributed by atoms with Gasteiger partial charge >= 0.3 is 0 Å². The van der Waals surface area contributed by atoms with Crippen LogP contribution in [0.4, 0.5) is 0 Å². The van der Waals surface area contributed by atoms with Gasteiger partial charge in [-0.25, -0.2) is 15.0 Å². The van der Waals surface area contributed by atoms with Gasteiger partial charge in [-0.2, -0.15) is 15.3 Å². The van der Waals surface area contributed by atoms with E-state index in [1.54, 1.807) is 92.9 Å². The summed E-state index contributed by atoms with van der Waals surface area (Å²) >= 11 is 10.1. The molecular formula is C39H27N9S6. The van der Waals surface area contributed by atoms with Gasteiger partial charge in [0.15, 0.2) is 0 Å². The van der Waals surface area contributed by atoms with Gasteiger partial charge in [-0.15, -0.1) is 73.1 Å². The van der Waals surface area contributed by atoms with Gasteiger partial charge in [-0.3, -0.25) is 9.97 Å². The highest BCUT2D eigenvalue weighted by molar-refractivity contribution is 7.18. The first-order chi connectivity index (χ1) is 26.8. The van der Waals surface area contributed by atoms with Crippen LogP contribution in [0.5, 0.6) is 0 Å². The van der Waals surface area contributed by atoms with Gasteiger partial charge in [0.2, 0.25) is 0 Å². The fraction of sp³-hybridized carbons (Fsp3) is 0. The maximum Gasteiger partial charge on any atom is 0.146 e. The first kappa shape index (κ1) is 36.8. The number of pyridine rings is 3. The lowest BCUT2D eigenvalue weighted by atomic mass is 10.3. The fourth-order valence-corrected chi connectivity index (χ4v) is 8.97. The van der Waals surface area contributed by atoms with Gasteiger partial charge < -0.3 is 0 Å². The summed E-state index contributed by atoms with van der Waals surface area (Å²) in [5, 5.41) is 34.7. The number of rotatable bonds is 0. The van der Waals surface area contributed by atoms with Crippen LogP contribution >= 0.6 is 68.0 Å². The fourth-order valence-electron chi connectivity index (χ4n) is 4.57. The molecule has 12 heterocycles. The monoisotopic (exact) mass is 813 g/mol. The number of hydrogen-bond donors (Lipinski definition) is 0. The molecule has 0 atom stereocenters. The summed E-state index contributed by atoms with van der Waals surface area (Å²) in [7, 11) is 0. The van der Waals surface area contributed by atoms with E-state index < -0.39 is 0 Å². The lowest BCUT2D eigenvalue weighted by Gasteiger charge is -1.81. The van der Waals surface area contributed by atoms with Gasteiger partial charge in [0.05, 0.1) is 28.0 Å². The van der Waals surface area contributed by atoms with Crippen LogP contribution in [-0.4, -0.2) is 45.3 Å². The van der Waals surface area contributed by atoms with E-state index in [0.717, 1.165) is 19.9 Å². The Hall–Kier alpha value is -5.55. The van der Waals surface area contributed by atoms with Crippen LogP contribution in [0.1, 0.15) is 0 Å². The molecule has 0 radical (unpaired) electrons. The average molecular weight is 814 g/mol. The summed E-state index contributed by atoms with van der Waals surface area (Å²) < 4.78 is 3.77. The summed E-state index contributed by atoms with van der Waals surface area (Å²) in [4.78, 5) is 23.3. The Bertz CT molecular complexity index is 2220. The zero-order valence-electron chi connectivity index (χ0n) is 28.1. The van der Waals surface area contributed by atoms with Crippen molar-refractivity contribution in [3.05, 3.63) is 161 Å². The summed E-state index contributed by atoms with van der Waals surface area (Å²) in [5.41, 5.74) is 0. The molecule has 12 aromatic heterocycles. The van der Waals surface area contributed by atoms with E-state index in [9.17, 15) is 0 Å². The lowest BCUT2D eigenvalue weighted by molar-refractivity contribution is 1.05. The third kappa shape index (κ3) is 10.3. The molecule has 12 rings (SSSR count). The van der Waals surface area contributed by atoms with Crippen molar-refractivity contribution in [2.75, 3.05) is 0 Å². The van der Waals surface area contributed by atoms with Crippen molar-refractivity contribution in [1.29, 1.82) is 0 Å². The van der Waals surface area contributed by atoms with Crippen LogP contribution in [0.15, 0.2) is 161 Å². The molecule has 0 unspecified atom stereocenters. The third-order valence-electron chi connectivity index (χ3n) is 7.18. The lowest BCUT2D eigenvalue weighted by Crippen LogP contribution is -1.73. The second kappa shape index (κ2) is 19.5. The molecule has 264 valence electrons. The molecule has 0 fully saturated rings. The smallest absolute Gasteiger partial charge is 0.146 e. The Labute approximate surface area is 333 Å². The van der Waals surface area contributed by atoms with Gasteiger partial charge in [0.25, 0.3) is 0 Å². The molecule has 0 N–H and O–H groups in total. The molecule has 0 aliphatic heterocycles. The second-order valence-corrected chi connectivity index (χ2v) is 16.2. The molecule has 0 aliphatic rings. The van der Waals surface area contributed by atoms with E-state index in [4.69, 9.17) is 0 Å². The average Bonchev–Trinajstić information content (AvgIpc) is 4.09. The molecule has 54 heavy (non-hydrogen) atoms. The summed E-state index contributed by atoms with van der Waals surface area (Å²) in [6.07, 6.45) is 17.9. The highest BCUT2D eigenvalue weighted by Gasteiger charge is 1.94. The molecule has 12 aromatic rings. The summed E-state index contributed by atoms with van der Waals surface area (Å²) in [5.74, 6) is 0. The zero-order valence-corrected chi connectivity index (χ0v) is 33.0. The SMILES string of the molecule is c1cc2ccsc2cn1.c1cc2ccsc2nn1.c1cc2cnncc2s1.c1cc2sccc2cn1.c1cnc2sccc2c1.c1ncc2ccsc2n1. The Morgan fingerprint density at radius 2 is 0.907 bits per heavy atom. The number of nitrogens with zero attached hydrogens (tertiary/aromatic N) is 9. The normalized spacial score (nSPS) is 10.2. The van der Waals surface area contributed by atoms with Crippen molar-refractivity contribution in [1.82, 2.24) is 45.3 Å². The van der Waals surface area contributed by atoms with Crippen LogP contribution < -0.4 is 0 Å². The molecule has 0 aromatic carbocycles. The number of aromatic nitrogens is 9. The van der Waals surface area contributed by atoms with E-state index in [1.165, 1.54) is 41.0 Å². The van der Waals surface area contributed by atoms with Crippen LogP contribution in [-0.2, 0) is 0 Å². The Morgan fingerprint density at radius 3 is 1.65 bits per heavy atom. The molecule has 15 heteroatoms. The topological polar surface area (TPSA) is 116 Å². The van der Waals surface area contributed by atoms with E-state index in [-0.39, 0.29) is 0 Å². The van der Waals surface area contributed by atoms with Crippen molar-refractivity contribution >= 4 is 129 Å². The minimum Gasteiger partial charge on any atom is -0.264 e. The maximum absolute atomic E-state index is 4.16. The van der Waals surface area contributed by atoms with E-state index in [1.807, 2.05) is 95.8 Å². The number of thiophene rings is 6. The Morgan fingerprint density at radius 1 is 0.333 bits per heavy atom. The van der Waals surface area contributed by atoms with Gasteiger partial charge in [0.1, 0.15) is 20.8 Å². The largest absolute Gasteiger partial charge is 0.264 e. The van der Waals surface area contributed by atoms with Crippen molar-refractivity contribution in [3.8, 4) is 0 Å². The number of hydrogen-bond acceptors (Lipinski definition) is 15. The molecule has 9 nitrogen and oxygen atoms in total. The maximum atomic E-state index is 4.16. The van der Waals surface area contributed by atoms with Gasteiger partial charge in [-0.05, 0) is 98.3 Å². The number of fused-ring (bicyclic) bond motifs is 6. The van der Waals surface area contributed by atoms with Crippen LogP contribution in [0.25, 0.3) is 60.9 Å². The molecule has 0 saturated heterocycles. The second-order valence-electron chi connectivity index (χ2n) is 10.6. The van der Waals surface area contributed by atoms with Crippen molar-refractivity contribution in [3.63, 3.8) is 0 Å². The molecule has 0 aliphatic carbocycles. The summed E-state index contributed by atoms with van der Waals surface area (Å²) in [6.45, 7) is 0. The summed E-state index contributed by atoms with van der Waals surface area (Å²) in [6, 6.07) is 22.4. The molecule has 0 saturated carbocycles. The Kier molecular flexibility index (Phi) is 13.3. The van der Waals surface area contributed by atoms with Crippen LogP contribution in [0.2, 0.25) is 0 Å². The quantitative estimate of drug-likeness (QED) is 0.147. The highest BCUT2D eigenvalue weighted by Crippen LogP contribution is 2.20. The van der Waals surface area contributed by atoms with Crippen LogP contribution in [0, 0.1) is 0 Å². The minimum atomic E-state index is 1.01. The van der Waals surface area contributed by atoms with E-state index >= 15 is 0 Å². The third-order valence-corrected chi connectivity index (χ3v) is 12.3. The predicted octanol–water partition coefficient (Wildman–Crippen LogP) is 12.0. The van der Waals surface area contributed by atoms with E-state index in [2.05, 4.69) is 85.7 Å². The highest BCUT2D eigenvalue weighted by atomic mass is 32.1. The first-order valence-corrected chi connectivity index (χ1v) is 21.3. The van der Waals surface area contributed by atoms with Crippen molar-refractivity contribution in [2.24, 2.45) is 0 Å². The Balaban J connectivity index is 0.0000001000. The van der Waals surface area contributed by atoms with Crippen LogP contribution in [0.3, 0.4) is 0 Å². The van der Waals surface area contributed by atoms with Crippen molar-refractivity contribution < 1.29 is 0 Å². The van der Waals surface area contributed by atoms with E-state index in [0.29, 0.717) is 0 Å². The van der Waals surface area contributed by atoms with Crippen molar-refractivity contribution in [2.45, 2.75) is 0 Å².